The van der Waals surface area contributed by atoms with Crippen LogP contribution < -0.4 is 10.1 Å². The number of amides is 1. The number of carbonyl (C=O) groups excluding carboxylic acids is 2. The largest absolute Gasteiger partial charge is 0.486 e. The minimum atomic E-state index is -0.439. The van der Waals surface area contributed by atoms with Crippen LogP contribution in [0.3, 0.4) is 0 Å². The van der Waals surface area contributed by atoms with E-state index in [1.54, 1.807) is 48.7 Å². The second kappa shape index (κ2) is 9.38. The highest BCUT2D eigenvalue weighted by Crippen LogP contribution is 2.20. The molecule has 0 aliphatic heterocycles. The molecular formula is C19H17ClN2O5S. The summed E-state index contributed by atoms with van der Waals surface area (Å²) in [6.07, 6.45) is 0.0615. The predicted molar refractivity (Wildman–Crippen MR) is 105 cm³/mol. The Morgan fingerprint density at radius 1 is 1.29 bits per heavy atom. The number of nitrogens with zero attached hydrogens (tertiary/aromatic N) is 1. The van der Waals surface area contributed by atoms with Gasteiger partial charge in [0.2, 0.25) is 0 Å². The topological polar surface area (TPSA) is 90.7 Å². The van der Waals surface area contributed by atoms with Gasteiger partial charge < -0.3 is 13.9 Å². The number of nitrogens with one attached hydrogen (secondary N) is 1. The molecule has 9 heteroatoms. The summed E-state index contributed by atoms with van der Waals surface area (Å²) in [5.41, 5.74) is 0.536. The van der Waals surface area contributed by atoms with Crippen molar-refractivity contribution in [2.45, 2.75) is 20.0 Å². The lowest BCUT2D eigenvalue weighted by Gasteiger charge is -2.04. The standard InChI is InChI=1S/C19H17ClN2O5S/c1-2-25-17(23)9-13-11-28-19(21-13)22-18(24)16-7-6-15(27-16)10-26-14-5-3-4-12(20)8-14/h3-8,11H,2,9-10H2,1H3,(H,21,22,24). The number of benzene rings is 1. The summed E-state index contributed by atoms with van der Waals surface area (Å²) in [6, 6.07) is 10.2. The van der Waals surface area contributed by atoms with Crippen LogP contribution in [-0.2, 0) is 22.6 Å². The second-order valence-electron chi connectivity index (χ2n) is 5.59. The Morgan fingerprint density at radius 2 is 2.14 bits per heavy atom. The van der Waals surface area contributed by atoms with Crippen LogP contribution in [0.25, 0.3) is 0 Å². The van der Waals surface area contributed by atoms with Crippen LogP contribution in [0.2, 0.25) is 5.02 Å². The smallest absolute Gasteiger partial charge is 0.311 e. The van der Waals surface area contributed by atoms with Gasteiger partial charge >= 0.3 is 5.97 Å². The SMILES string of the molecule is CCOC(=O)Cc1csc(NC(=O)c2ccc(COc3cccc(Cl)c3)o2)n1. The number of halogens is 1. The number of aromatic nitrogens is 1. The van der Waals surface area contributed by atoms with Crippen molar-refractivity contribution in [3.63, 3.8) is 0 Å². The molecule has 0 aliphatic rings. The lowest BCUT2D eigenvalue weighted by Crippen LogP contribution is -2.11. The van der Waals surface area contributed by atoms with Crippen molar-refractivity contribution < 1.29 is 23.5 Å². The summed E-state index contributed by atoms with van der Waals surface area (Å²) in [5, 5.41) is 5.28. The van der Waals surface area contributed by atoms with Crippen molar-refractivity contribution in [3.05, 3.63) is 64.0 Å². The lowest BCUT2D eigenvalue weighted by atomic mass is 10.3. The van der Waals surface area contributed by atoms with Gasteiger partial charge in [-0.1, -0.05) is 17.7 Å². The Morgan fingerprint density at radius 3 is 2.93 bits per heavy atom. The zero-order chi connectivity index (χ0) is 19.9. The zero-order valence-electron chi connectivity index (χ0n) is 14.9. The number of esters is 1. The summed E-state index contributed by atoms with van der Waals surface area (Å²) in [7, 11) is 0. The van der Waals surface area contributed by atoms with Gasteiger partial charge in [-0.05, 0) is 37.3 Å². The van der Waals surface area contributed by atoms with Gasteiger partial charge in [-0.2, -0.15) is 0 Å². The third-order valence-corrected chi connectivity index (χ3v) is 4.51. The van der Waals surface area contributed by atoms with Crippen LogP contribution >= 0.6 is 22.9 Å². The average molecular weight is 421 g/mol. The number of carbonyl (C=O) groups is 2. The Bertz CT molecular complexity index is 969. The highest BCUT2D eigenvalue weighted by Gasteiger charge is 2.15. The number of hydrogen-bond donors (Lipinski definition) is 1. The van der Waals surface area contributed by atoms with Crippen LogP contribution in [0.5, 0.6) is 5.75 Å². The van der Waals surface area contributed by atoms with Gasteiger partial charge in [-0.15, -0.1) is 11.3 Å². The van der Waals surface area contributed by atoms with E-state index in [9.17, 15) is 9.59 Å². The number of thiazole rings is 1. The molecule has 1 N–H and O–H groups in total. The van der Waals surface area contributed by atoms with Gasteiger partial charge in [0, 0.05) is 10.4 Å². The van der Waals surface area contributed by atoms with Crippen LogP contribution in [0.1, 0.15) is 28.9 Å². The molecular weight excluding hydrogens is 404 g/mol. The van der Waals surface area contributed by atoms with Crippen molar-refractivity contribution in [3.8, 4) is 5.75 Å². The molecule has 146 valence electrons. The van der Waals surface area contributed by atoms with E-state index >= 15 is 0 Å². The minimum Gasteiger partial charge on any atom is -0.486 e. The Labute approximate surface area is 170 Å². The lowest BCUT2D eigenvalue weighted by molar-refractivity contribution is -0.142. The first kappa shape index (κ1) is 19.9. The molecule has 3 rings (SSSR count). The Hall–Kier alpha value is -2.84. The number of ether oxygens (including phenoxy) is 2. The first-order valence-electron chi connectivity index (χ1n) is 8.42. The molecule has 28 heavy (non-hydrogen) atoms. The summed E-state index contributed by atoms with van der Waals surface area (Å²) in [4.78, 5) is 28.0. The summed E-state index contributed by atoms with van der Waals surface area (Å²) in [5.74, 6) is 0.429. The molecule has 0 radical (unpaired) electrons. The van der Waals surface area contributed by atoms with Gasteiger partial charge in [-0.3, -0.25) is 14.9 Å². The van der Waals surface area contributed by atoms with Crippen LogP contribution in [0.15, 0.2) is 46.2 Å². The maximum atomic E-state index is 12.3. The fourth-order valence-electron chi connectivity index (χ4n) is 2.25. The van der Waals surface area contributed by atoms with Gasteiger partial charge in [0.25, 0.3) is 5.91 Å². The normalized spacial score (nSPS) is 10.5. The molecule has 0 spiro atoms. The van der Waals surface area contributed by atoms with Gasteiger partial charge in [-0.25, -0.2) is 4.98 Å². The molecule has 0 unspecified atom stereocenters. The number of anilines is 1. The third kappa shape index (κ3) is 5.58. The van der Waals surface area contributed by atoms with Crippen molar-refractivity contribution in [1.82, 2.24) is 4.98 Å². The zero-order valence-corrected chi connectivity index (χ0v) is 16.5. The fraction of sp³-hybridized carbons (Fsp3) is 0.211. The molecule has 1 aromatic carbocycles. The minimum absolute atomic E-state index is 0.0615. The van der Waals surface area contributed by atoms with Crippen molar-refractivity contribution in [2.75, 3.05) is 11.9 Å². The fourth-order valence-corrected chi connectivity index (χ4v) is 3.14. The summed E-state index contributed by atoms with van der Waals surface area (Å²) < 4.78 is 16.0. The second-order valence-corrected chi connectivity index (χ2v) is 6.89. The van der Waals surface area contributed by atoms with Gasteiger partial charge in [0.05, 0.1) is 18.7 Å². The Balaban J connectivity index is 1.54. The van der Waals surface area contributed by atoms with E-state index < -0.39 is 5.91 Å². The molecule has 2 aromatic heterocycles. The molecule has 0 fully saturated rings. The Kier molecular flexibility index (Phi) is 6.67. The number of rotatable bonds is 8. The third-order valence-electron chi connectivity index (χ3n) is 3.47. The number of furan rings is 1. The maximum Gasteiger partial charge on any atom is 0.311 e. The van der Waals surface area contributed by atoms with E-state index in [1.807, 2.05) is 0 Å². The average Bonchev–Trinajstić information content (AvgIpc) is 3.30. The number of hydrogen-bond acceptors (Lipinski definition) is 7. The highest BCUT2D eigenvalue weighted by molar-refractivity contribution is 7.14. The molecule has 1 amide bonds. The first-order valence-corrected chi connectivity index (χ1v) is 9.67. The highest BCUT2D eigenvalue weighted by atomic mass is 35.5. The van der Waals surface area contributed by atoms with Crippen molar-refractivity contribution in [2.24, 2.45) is 0 Å². The quantitative estimate of drug-likeness (QED) is 0.545. The van der Waals surface area contributed by atoms with Gasteiger partial charge in [0.15, 0.2) is 10.9 Å². The van der Waals surface area contributed by atoms with E-state index in [0.29, 0.717) is 34.0 Å². The van der Waals surface area contributed by atoms with Crippen molar-refractivity contribution >= 4 is 39.9 Å². The maximum absolute atomic E-state index is 12.3. The van der Waals surface area contributed by atoms with E-state index in [2.05, 4.69) is 10.3 Å². The molecule has 7 nitrogen and oxygen atoms in total. The molecule has 0 saturated heterocycles. The summed E-state index contributed by atoms with van der Waals surface area (Å²) >= 11 is 7.13. The van der Waals surface area contributed by atoms with Crippen LogP contribution in [-0.4, -0.2) is 23.5 Å². The van der Waals surface area contributed by atoms with Crippen molar-refractivity contribution in [1.29, 1.82) is 0 Å². The summed E-state index contributed by atoms with van der Waals surface area (Å²) in [6.45, 7) is 2.21. The molecule has 2 heterocycles. The molecule has 0 bridgehead atoms. The molecule has 0 atom stereocenters. The van der Waals surface area contributed by atoms with Crippen LogP contribution in [0, 0.1) is 0 Å². The molecule has 3 aromatic rings. The van der Waals surface area contributed by atoms with E-state index in [0.717, 1.165) is 0 Å². The molecule has 0 saturated carbocycles. The van der Waals surface area contributed by atoms with E-state index in [4.69, 9.17) is 25.5 Å². The molecule has 0 aliphatic carbocycles. The van der Waals surface area contributed by atoms with Gasteiger partial charge in [0.1, 0.15) is 18.1 Å². The first-order chi connectivity index (χ1) is 13.5. The van der Waals surface area contributed by atoms with E-state index in [1.165, 1.54) is 11.3 Å². The van der Waals surface area contributed by atoms with Crippen LogP contribution in [0.4, 0.5) is 5.13 Å². The predicted octanol–water partition coefficient (Wildman–Crippen LogP) is 4.33. The van der Waals surface area contributed by atoms with E-state index in [-0.39, 0.29) is 24.8 Å². The monoisotopic (exact) mass is 420 g/mol.